The summed E-state index contributed by atoms with van der Waals surface area (Å²) in [5.41, 5.74) is 7.50. The predicted molar refractivity (Wildman–Crippen MR) is 248 cm³/mol. The quantitative estimate of drug-likeness (QED) is 0.167. The Kier molecular flexibility index (Phi) is 6.47. The highest BCUT2D eigenvalue weighted by atomic mass is 16.3. The molecule has 1 heterocycles. The van der Waals surface area contributed by atoms with Crippen LogP contribution >= 0.6 is 0 Å². The molecule has 12 aromatic carbocycles. The molecule has 0 saturated carbocycles. The largest absolute Gasteiger partial charge is 0.456 e. The zero-order chi connectivity index (χ0) is 37.9. The van der Waals surface area contributed by atoms with E-state index in [-0.39, 0.29) is 0 Å². The van der Waals surface area contributed by atoms with Crippen molar-refractivity contribution in [1.82, 2.24) is 0 Å². The van der Waals surface area contributed by atoms with Gasteiger partial charge in [0.1, 0.15) is 11.2 Å². The number of benzene rings is 11. The van der Waals surface area contributed by atoms with E-state index < -0.39 is 0 Å². The van der Waals surface area contributed by atoms with Crippen LogP contribution in [0.3, 0.4) is 0 Å². The Hall–Kier alpha value is -7.68. The number of furan rings is 1. The maximum Gasteiger partial charge on any atom is 0.135 e. The smallest absolute Gasteiger partial charge is 0.135 e. The van der Waals surface area contributed by atoms with Crippen molar-refractivity contribution in [2.45, 2.75) is 0 Å². The molecule has 0 saturated heterocycles. The number of fused-ring (bicyclic) bond motifs is 6. The molecule has 0 aliphatic carbocycles. The van der Waals surface area contributed by atoms with Crippen LogP contribution in [0.2, 0.25) is 0 Å². The highest BCUT2D eigenvalue weighted by Crippen LogP contribution is 2.47. The first-order valence-corrected chi connectivity index (χ1v) is 20.0. The number of hydrogen-bond acceptors (Lipinski definition) is 2. The topological polar surface area (TPSA) is 16.4 Å². The highest BCUT2D eigenvalue weighted by Gasteiger charge is 2.21. The van der Waals surface area contributed by atoms with Gasteiger partial charge in [-0.25, -0.2) is 0 Å². The van der Waals surface area contributed by atoms with E-state index in [1.165, 1.54) is 75.4 Å². The normalized spacial score (nSPS) is 12.1. The van der Waals surface area contributed by atoms with Gasteiger partial charge < -0.3 is 9.32 Å². The third kappa shape index (κ3) is 4.48. The monoisotopic (exact) mass is 735 g/mol. The van der Waals surface area contributed by atoms with Gasteiger partial charge in [-0.3, -0.25) is 0 Å². The number of anilines is 3. The van der Waals surface area contributed by atoms with Crippen LogP contribution in [0.25, 0.3) is 108 Å². The zero-order valence-electron chi connectivity index (χ0n) is 31.4. The van der Waals surface area contributed by atoms with Crippen LogP contribution in [0.1, 0.15) is 0 Å². The predicted octanol–water partition coefficient (Wildman–Crippen LogP) is 16.2. The van der Waals surface area contributed by atoms with Crippen molar-refractivity contribution in [1.29, 1.82) is 0 Å². The first-order valence-electron chi connectivity index (χ1n) is 20.0. The van der Waals surface area contributed by atoms with E-state index in [4.69, 9.17) is 4.42 Å². The number of nitrogens with zero attached hydrogens (tertiary/aromatic N) is 1. The number of para-hydroxylation sites is 1. The molecule has 13 rings (SSSR count). The molecule has 2 heteroatoms. The number of hydrogen-bond donors (Lipinski definition) is 0. The van der Waals surface area contributed by atoms with Gasteiger partial charge in [-0.05, 0) is 130 Å². The summed E-state index contributed by atoms with van der Waals surface area (Å²) >= 11 is 0. The molecule has 1 aromatic heterocycles. The van der Waals surface area contributed by atoms with Crippen molar-refractivity contribution in [2.24, 2.45) is 0 Å². The molecular weight excluding hydrogens is 703 g/mol. The van der Waals surface area contributed by atoms with Gasteiger partial charge in [-0.1, -0.05) is 152 Å². The van der Waals surface area contributed by atoms with E-state index in [0.717, 1.165) is 50.1 Å². The number of rotatable bonds is 4. The van der Waals surface area contributed by atoms with Gasteiger partial charge >= 0.3 is 0 Å². The third-order valence-electron chi connectivity index (χ3n) is 12.5. The van der Waals surface area contributed by atoms with Gasteiger partial charge in [0.25, 0.3) is 0 Å². The fourth-order valence-corrected chi connectivity index (χ4v) is 9.94. The molecule has 0 aliphatic rings. The molecule has 0 atom stereocenters. The highest BCUT2D eigenvalue weighted by molar-refractivity contribution is 6.37. The lowest BCUT2D eigenvalue weighted by atomic mass is 9.87. The molecule has 0 N–H and O–H groups in total. The molecular formula is C56H33NO. The average Bonchev–Trinajstić information content (AvgIpc) is 3.66. The van der Waals surface area contributed by atoms with Crippen LogP contribution in [0.4, 0.5) is 17.1 Å². The SMILES string of the molecule is c1ccc2c(N(c3ccc(-c4ccc5oc6ccccc6c5c4)cc3)c3cc4ccc5cccc6c7cccc8ccc9cccc(c(c3)c4c56)c9c87)cccc2c1. The Morgan fingerprint density at radius 1 is 0.276 bits per heavy atom. The Morgan fingerprint density at radius 2 is 0.793 bits per heavy atom. The molecule has 0 radical (unpaired) electrons. The van der Waals surface area contributed by atoms with Gasteiger partial charge in [-0.2, -0.15) is 0 Å². The molecule has 268 valence electrons. The molecule has 0 amide bonds. The molecule has 0 spiro atoms. The summed E-state index contributed by atoms with van der Waals surface area (Å²) in [6.07, 6.45) is 0. The van der Waals surface area contributed by atoms with Gasteiger partial charge in [0.15, 0.2) is 0 Å². The lowest BCUT2D eigenvalue weighted by molar-refractivity contribution is 0.669. The van der Waals surface area contributed by atoms with Crippen LogP contribution in [-0.2, 0) is 0 Å². The minimum Gasteiger partial charge on any atom is -0.456 e. The fraction of sp³-hybridized carbons (Fsp3) is 0. The van der Waals surface area contributed by atoms with Gasteiger partial charge in [0.05, 0.1) is 5.69 Å². The second-order valence-electron chi connectivity index (χ2n) is 15.6. The summed E-state index contributed by atoms with van der Waals surface area (Å²) in [6.45, 7) is 0. The van der Waals surface area contributed by atoms with Crippen molar-refractivity contribution in [2.75, 3.05) is 4.90 Å². The summed E-state index contributed by atoms with van der Waals surface area (Å²) in [5, 5.41) is 20.0. The van der Waals surface area contributed by atoms with Crippen molar-refractivity contribution in [3.63, 3.8) is 0 Å². The zero-order valence-corrected chi connectivity index (χ0v) is 31.4. The second-order valence-corrected chi connectivity index (χ2v) is 15.6. The lowest BCUT2D eigenvalue weighted by Gasteiger charge is -2.28. The van der Waals surface area contributed by atoms with Crippen LogP contribution in [0, 0.1) is 0 Å². The lowest BCUT2D eigenvalue weighted by Crippen LogP contribution is -2.10. The standard InChI is InChI=1S/C56H33NO/c1-2-14-43-35(9-1)10-8-19-50(43)57(41-28-25-34(26-29-41)39-27-30-52-48(32-39)44-15-3-4-20-51(44)58-52)42-31-40-24-23-38-12-6-17-46-45-16-5-11-36-21-22-37-13-7-18-47(55(37)53(36)45)49(33-42)56(40)54(38)46/h1-33H. The molecule has 0 unspecified atom stereocenters. The van der Waals surface area contributed by atoms with E-state index in [0.29, 0.717) is 0 Å². The second kappa shape index (κ2) is 11.9. The minimum absolute atomic E-state index is 0.908. The van der Waals surface area contributed by atoms with Crippen LogP contribution < -0.4 is 4.90 Å². The van der Waals surface area contributed by atoms with Crippen molar-refractivity contribution in [3.8, 4) is 11.1 Å². The summed E-state index contributed by atoms with van der Waals surface area (Å²) in [6, 6.07) is 73.7. The Labute approximate surface area is 333 Å². The summed E-state index contributed by atoms with van der Waals surface area (Å²) in [7, 11) is 0. The van der Waals surface area contributed by atoms with Crippen molar-refractivity contribution >= 4 is 114 Å². The first kappa shape index (κ1) is 31.5. The van der Waals surface area contributed by atoms with E-state index in [9.17, 15) is 0 Å². The summed E-state index contributed by atoms with van der Waals surface area (Å²) < 4.78 is 6.16. The van der Waals surface area contributed by atoms with Crippen LogP contribution in [0.15, 0.2) is 205 Å². The van der Waals surface area contributed by atoms with Crippen LogP contribution in [0.5, 0.6) is 0 Å². The van der Waals surface area contributed by atoms with Gasteiger partial charge in [0, 0.05) is 27.5 Å². The van der Waals surface area contributed by atoms with Crippen LogP contribution in [-0.4, -0.2) is 0 Å². The molecule has 58 heavy (non-hydrogen) atoms. The van der Waals surface area contributed by atoms with Gasteiger partial charge in [0.2, 0.25) is 0 Å². The average molecular weight is 736 g/mol. The van der Waals surface area contributed by atoms with Gasteiger partial charge in [-0.15, -0.1) is 0 Å². The molecule has 2 nitrogen and oxygen atoms in total. The fourth-order valence-electron chi connectivity index (χ4n) is 9.94. The third-order valence-corrected chi connectivity index (χ3v) is 12.5. The first-order chi connectivity index (χ1) is 28.7. The molecule has 0 fully saturated rings. The molecule has 13 aromatic rings. The van der Waals surface area contributed by atoms with Crippen molar-refractivity contribution < 1.29 is 4.42 Å². The van der Waals surface area contributed by atoms with Crippen molar-refractivity contribution in [3.05, 3.63) is 200 Å². The Balaban J connectivity index is 1.10. The van der Waals surface area contributed by atoms with E-state index >= 15 is 0 Å². The Morgan fingerprint density at radius 3 is 1.52 bits per heavy atom. The van der Waals surface area contributed by atoms with E-state index in [1.807, 2.05) is 12.1 Å². The van der Waals surface area contributed by atoms with E-state index in [1.54, 1.807) is 0 Å². The summed E-state index contributed by atoms with van der Waals surface area (Å²) in [5.74, 6) is 0. The molecule has 0 aliphatic heterocycles. The molecule has 0 bridgehead atoms. The maximum absolute atomic E-state index is 6.16. The van der Waals surface area contributed by atoms with E-state index in [2.05, 4.69) is 193 Å². The summed E-state index contributed by atoms with van der Waals surface area (Å²) in [4.78, 5) is 2.46. The minimum atomic E-state index is 0.908. The Bertz CT molecular complexity index is 3790. The maximum atomic E-state index is 6.16.